The second-order valence-corrected chi connectivity index (χ2v) is 11.1. The van der Waals surface area contributed by atoms with E-state index in [0.29, 0.717) is 46.2 Å². The van der Waals surface area contributed by atoms with E-state index in [9.17, 15) is 18.4 Å². The first kappa shape index (κ1) is 25.7. The molecule has 6 rings (SSSR count). The topological polar surface area (TPSA) is 88.0 Å². The molecule has 3 aromatic rings. The number of benzene rings is 2. The standard InChI is InChI=1S/C27H26BClF3N7/c28-27(16-1-3-17(30)4-2-16,22-13-39(38-37-22)19-5-6-19)36-18-9-20-23(35-14-26(7-8-26)25(31)32)15(11-33)12-34-24(20)21(29)10-18/h1-4,9-10,12-13,19,25,36-38H,5-8,14,28H2,(H,34,35). The van der Waals surface area contributed by atoms with Gasteiger partial charge in [0.15, 0.2) is 0 Å². The molecule has 0 radical (unpaired) electrons. The van der Waals surface area contributed by atoms with Gasteiger partial charge in [0, 0.05) is 41.5 Å². The fourth-order valence-corrected chi connectivity index (χ4v) is 5.27. The molecule has 4 N–H and O–H groups in total. The fraction of sp³-hybridized carbons (Fsp3) is 0.333. The van der Waals surface area contributed by atoms with E-state index in [4.69, 9.17) is 11.6 Å². The normalized spacial score (nSPS) is 19.3. The summed E-state index contributed by atoms with van der Waals surface area (Å²) in [6.45, 7) is 0.0422. The molecule has 12 heteroatoms. The maximum Gasteiger partial charge on any atom is 0.245 e. The van der Waals surface area contributed by atoms with Crippen LogP contribution in [0, 0.1) is 22.6 Å². The summed E-state index contributed by atoms with van der Waals surface area (Å²) < 4.78 is 41.1. The second-order valence-electron chi connectivity index (χ2n) is 10.7. The number of nitrogens with zero attached hydrogens (tertiary/aromatic N) is 3. The highest BCUT2D eigenvalue weighted by atomic mass is 35.5. The number of halogens is 4. The molecule has 2 aliphatic carbocycles. The van der Waals surface area contributed by atoms with Crippen molar-refractivity contribution in [3.63, 3.8) is 0 Å². The lowest BCUT2D eigenvalue weighted by Gasteiger charge is -2.34. The SMILES string of the molecule is BC(Nc1cc(Cl)c2ncc(C#N)c(NCC3(C(F)F)CC3)c2c1)(C1=CN(C2CC2)NN1)c1ccc(F)cc1. The maximum absolute atomic E-state index is 13.8. The van der Waals surface area contributed by atoms with Gasteiger partial charge >= 0.3 is 0 Å². The summed E-state index contributed by atoms with van der Waals surface area (Å²) in [5.41, 5.74) is 7.85. The number of pyridine rings is 1. The second kappa shape index (κ2) is 9.54. The van der Waals surface area contributed by atoms with E-state index in [1.807, 2.05) is 25.1 Å². The number of rotatable bonds is 9. The van der Waals surface area contributed by atoms with Crippen molar-refractivity contribution in [3.05, 3.63) is 76.5 Å². The van der Waals surface area contributed by atoms with Gasteiger partial charge in [-0.15, -0.1) is 5.53 Å². The van der Waals surface area contributed by atoms with Crippen molar-refractivity contribution >= 4 is 41.7 Å². The highest BCUT2D eigenvalue weighted by Gasteiger charge is 2.51. The first-order valence-electron chi connectivity index (χ1n) is 12.8. The molecular formula is C27H26BClF3N7. The Kier molecular flexibility index (Phi) is 6.27. The average Bonchev–Trinajstić information content (AvgIpc) is 3.86. The third-order valence-corrected chi connectivity index (χ3v) is 8.19. The highest BCUT2D eigenvalue weighted by Crippen LogP contribution is 2.51. The molecule has 2 saturated carbocycles. The largest absolute Gasteiger partial charge is 0.383 e. The third kappa shape index (κ3) is 4.72. The Balaban J connectivity index is 1.41. The Bertz CT molecular complexity index is 1500. The van der Waals surface area contributed by atoms with Crippen molar-refractivity contribution in [2.45, 2.75) is 43.6 Å². The van der Waals surface area contributed by atoms with Crippen LogP contribution in [0.4, 0.5) is 24.5 Å². The molecule has 7 nitrogen and oxygen atoms in total. The molecule has 0 spiro atoms. The number of nitriles is 1. The van der Waals surface area contributed by atoms with Gasteiger partial charge in [0.1, 0.15) is 19.7 Å². The van der Waals surface area contributed by atoms with E-state index in [1.54, 1.807) is 18.2 Å². The minimum absolute atomic E-state index is 0.0422. The minimum Gasteiger partial charge on any atom is -0.383 e. The van der Waals surface area contributed by atoms with E-state index >= 15 is 0 Å². The highest BCUT2D eigenvalue weighted by molar-refractivity contribution is 6.36. The molecule has 1 unspecified atom stereocenters. The van der Waals surface area contributed by atoms with Gasteiger partial charge in [0.25, 0.3) is 0 Å². The molecule has 2 fully saturated rings. The monoisotopic (exact) mass is 551 g/mol. The van der Waals surface area contributed by atoms with Gasteiger partial charge in [-0.3, -0.25) is 9.99 Å². The van der Waals surface area contributed by atoms with Crippen LogP contribution in [0.5, 0.6) is 0 Å². The lowest BCUT2D eigenvalue weighted by Crippen LogP contribution is -2.45. The molecule has 39 heavy (non-hydrogen) atoms. The van der Waals surface area contributed by atoms with Crippen LogP contribution in [0.1, 0.15) is 36.8 Å². The Labute approximate surface area is 229 Å². The van der Waals surface area contributed by atoms with E-state index in [0.717, 1.165) is 24.1 Å². The molecule has 2 heterocycles. The van der Waals surface area contributed by atoms with E-state index in [2.05, 4.69) is 32.6 Å². The van der Waals surface area contributed by atoms with Crippen LogP contribution in [0.2, 0.25) is 5.02 Å². The third-order valence-electron chi connectivity index (χ3n) is 7.90. The molecule has 1 aromatic heterocycles. The summed E-state index contributed by atoms with van der Waals surface area (Å²) in [7, 11) is 1.97. The fourth-order valence-electron chi connectivity index (χ4n) is 5.00. The van der Waals surface area contributed by atoms with Gasteiger partial charge in [-0.2, -0.15) is 5.26 Å². The van der Waals surface area contributed by atoms with Gasteiger partial charge in [-0.05, 0) is 55.5 Å². The van der Waals surface area contributed by atoms with E-state index < -0.39 is 17.3 Å². The van der Waals surface area contributed by atoms with Crippen molar-refractivity contribution < 1.29 is 13.2 Å². The number of hydrogen-bond acceptors (Lipinski definition) is 7. The van der Waals surface area contributed by atoms with E-state index in [1.165, 1.54) is 18.3 Å². The molecule has 1 atom stereocenters. The number of anilines is 2. The Hall–Kier alpha value is -3.62. The number of fused-ring (bicyclic) bond motifs is 1. The number of nitrogens with one attached hydrogen (secondary N) is 4. The molecule has 0 bridgehead atoms. The van der Waals surface area contributed by atoms with Gasteiger partial charge in [0.2, 0.25) is 6.43 Å². The summed E-state index contributed by atoms with van der Waals surface area (Å²) in [5, 5.41) is 19.3. The van der Waals surface area contributed by atoms with Gasteiger partial charge in [-0.1, -0.05) is 23.7 Å². The van der Waals surface area contributed by atoms with Gasteiger partial charge in [-0.25, -0.2) is 13.2 Å². The van der Waals surface area contributed by atoms with Gasteiger partial charge < -0.3 is 16.1 Å². The molecule has 0 amide bonds. The number of hydrazine groups is 2. The van der Waals surface area contributed by atoms with Crippen molar-refractivity contribution in [1.29, 1.82) is 5.26 Å². The lowest BCUT2D eigenvalue weighted by molar-refractivity contribution is 0.0688. The number of aromatic nitrogens is 1. The summed E-state index contributed by atoms with van der Waals surface area (Å²) in [6.07, 6.45) is 4.00. The van der Waals surface area contributed by atoms with Crippen LogP contribution in [0.3, 0.4) is 0 Å². The zero-order valence-electron chi connectivity index (χ0n) is 21.2. The van der Waals surface area contributed by atoms with Gasteiger partial charge in [0.05, 0.1) is 32.9 Å². The zero-order chi connectivity index (χ0) is 27.4. The molecule has 200 valence electrons. The predicted octanol–water partition coefficient (Wildman–Crippen LogP) is 4.58. The minimum atomic E-state index is -2.45. The molecule has 1 aliphatic heterocycles. The van der Waals surface area contributed by atoms with Crippen LogP contribution in [0.15, 0.2) is 54.5 Å². The Morgan fingerprint density at radius 2 is 2.00 bits per heavy atom. The Morgan fingerprint density at radius 3 is 2.64 bits per heavy atom. The number of alkyl halides is 2. The van der Waals surface area contributed by atoms with Crippen molar-refractivity contribution in [3.8, 4) is 6.07 Å². The molecule has 3 aliphatic rings. The zero-order valence-corrected chi connectivity index (χ0v) is 21.9. The summed E-state index contributed by atoms with van der Waals surface area (Å²) in [4.78, 5) is 4.37. The van der Waals surface area contributed by atoms with Crippen LogP contribution < -0.4 is 21.6 Å². The quantitative estimate of drug-likeness (QED) is 0.290. The summed E-state index contributed by atoms with van der Waals surface area (Å²) >= 11 is 6.68. The first-order valence-corrected chi connectivity index (χ1v) is 13.2. The van der Waals surface area contributed by atoms with Crippen molar-refractivity contribution in [1.82, 2.24) is 21.0 Å². The Morgan fingerprint density at radius 1 is 1.26 bits per heavy atom. The number of hydrogen-bond donors (Lipinski definition) is 4. The summed E-state index contributed by atoms with van der Waals surface area (Å²) in [6, 6.07) is 12.3. The summed E-state index contributed by atoms with van der Waals surface area (Å²) in [5.74, 6) is -0.344. The molecule has 0 saturated heterocycles. The van der Waals surface area contributed by atoms with Crippen LogP contribution in [-0.2, 0) is 5.44 Å². The average molecular weight is 552 g/mol. The van der Waals surface area contributed by atoms with Crippen molar-refractivity contribution in [2.75, 3.05) is 17.2 Å². The van der Waals surface area contributed by atoms with Crippen LogP contribution in [-0.4, -0.2) is 36.9 Å². The first-order chi connectivity index (χ1) is 18.7. The van der Waals surface area contributed by atoms with Crippen molar-refractivity contribution in [2.24, 2.45) is 5.41 Å². The lowest BCUT2D eigenvalue weighted by atomic mass is 9.69. The molecule has 2 aromatic carbocycles. The predicted molar refractivity (Wildman–Crippen MR) is 147 cm³/mol. The van der Waals surface area contributed by atoms with Crippen LogP contribution >= 0.6 is 11.6 Å². The van der Waals surface area contributed by atoms with E-state index in [-0.39, 0.29) is 17.9 Å². The van der Waals surface area contributed by atoms with Crippen LogP contribution in [0.25, 0.3) is 10.9 Å². The molecular weight excluding hydrogens is 526 g/mol. The maximum atomic E-state index is 13.8. The smallest absolute Gasteiger partial charge is 0.245 e.